The first-order chi connectivity index (χ1) is 17.5. The van der Waals surface area contributed by atoms with Crippen molar-refractivity contribution in [2.24, 2.45) is 5.73 Å². The van der Waals surface area contributed by atoms with Gasteiger partial charge in [-0.3, -0.25) is 24.0 Å². The van der Waals surface area contributed by atoms with Crippen LogP contribution in [0.5, 0.6) is 5.75 Å². The molecule has 4 atom stereocenters. The van der Waals surface area contributed by atoms with Gasteiger partial charge in [-0.1, -0.05) is 12.1 Å². The number of hydrogen-bond acceptors (Lipinski definition) is 8. The Morgan fingerprint density at radius 3 is 2.14 bits per heavy atom. The number of imidazole rings is 1. The number of amides is 3. The van der Waals surface area contributed by atoms with Gasteiger partial charge in [0.25, 0.3) is 0 Å². The quantitative estimate of drug-likeness (QED) is 0.146. The Kier molecular flexibility index (Phi) is 10.6. The number of phenols is 1. The number of aromatic hydroxyl groups is 1. The number of phenolic OH excluding ortho intramolecular Hbond substituents is 1. The normalized spacial score (nSPS) is 14.0. The highest BCUT2D eigenvalue weighted by Crippen LogP contribution is 2.12. The Bertz CT molecular complexity index is 1090. The van der Waals surface area contributed by atoms with Crippen molar-refractivity contribution in [3.63, 3.8) is 0 Å². The highest BCUT2D eigenvalue weighted by atomic mass is 16.4. The first kappa shape index (κ1) is 28.8. The van der Waals surface area contributed by atoms with Crippen molar-refractivity contribution in [2.45, 2.75) is 56.8 Å². The van der Waals surface area contributed by atoms with Gasteiger partial charge in [0, 0.05) is 31.2 Å². The zero-order valence-corrected chi connectivity index (χ0v) is 20.0. The molecule has 3 amide bonds. The second kappa shape index (κ2) is 13.6. The Hall–Kier alpha value is -4.46. The zero-order valence-electron chi connectivity index (χ0n) is 20.0. The van der Waals surface area contributed by atoms with Crippen molar-refractivity contribution < 1.29 is 39.3 Å². The lowest BCUT2D eigenvalue weighted by Gasteiger charge is -2.24. The van der Waals surface area contributed by atoms with Crippen LogP contribution in [0.3, 0.4) is 0 Å². The predicted octanol–water partition coefficient (Wildman–Crippen LogP) is -1.35. The number of hydrogen-bond donors (Lipinski definition) is 8. The highest BCUT2D eigenvalue weighted by Gasteiger charge is 2.30. The number of aromatic nitrogens is 2. The number of nitrogens with two attached hydrogens (primary N) is 1. The summed E-state index contributed by atoms with van der Waals surface area (Å²) in [5.74, 6) is -4.90. The maximum atomic E-state index is 13.1. The molecule has 0 fully saturated rings. The molecule has 0 aliphatic carbocycles. The molecule has 2 rings (SSSR count). The van der Waals surface area contributed by atoms with Gasteiger partial charge < -0.3 is 42.0 Å². The number of benzene rings is 1. The molecule has 0 aliphatic rings. The molecule has 0 aliphatic heterocycles. The van der Waals surface area contributed by atoms with Crippen LogP contribution in [0, 0.1) is 0 Å². The minimum Gasteiger partial charge on any atom is -0.508 e. The second-order valence-electron chi connectivity index (χ2n) is 8.38. The number of carbonyl (C=O) groups excluding carboxylic acids is 3. The molecule has 37 heavy (non-hydrogen) atoms. The smallest absolute Gasteiger partial charge is 0.325 e. The third-order valence-electron chi connectivity index (χ3n) is 5.35. The van der Waals surface area contributed by atoms with Crippen molar-refractivity contribution in [1.29, 1.82) is 0 Å². The fourth-order valence-corrected chi connectivity index (χ4v) is 3.27. The van der Waals surface area contributed by atoms with E-state index < -0.39 is 60.2 Å². The number of carboxylic acids is 2. The standard InChI is InChI=1S/C23H30N6O8/c1-12(23(36)37)27-22(35)18(8-13-2-4-15(30)5-3-13)29-21(34)17(6-7-19(31)32)28-20(33)16(24)9-14-10-25-11-26-14/h2-5,10-12,16-18,30H,6-9,24H2,1H3,(H,25,26)(H,27,35)(H,28,33)(H,29,34)(H,31,32)(H,36,37). The van der Waals surface area contributed by atoms with Gasteiger partial charge in [0.15, 0.2) is 0 Å². The SMILES string of the molecule is CC(NC(=O)C(Cc1ccc(O)cc1)NC(=O)C(CCC(=O)O)NC(=O)C(N)Cc1cnc[nH]1)C(=O)O. The Morgan fingerprint density at radius 1 is 0.946 bits per heavy atom. The van der Waals surface area contributed by atoms with Crippen LogP contribution in [-0.2, 0) is 36.8 Å². The molecule has 0 radical (unpaired) electrons. The molecule has 200 valence electrons. The van der Waals surface area contributed by atoms with E-state index in [9.17, 15) is 29.1 Å². The van der Waals surface area contributed by atoms with E-state index in [-0.39, 0.29) is 25.0 Å². The minimum atomic E-state index is -1.34. The zero-order chi connectivity index (χ0) is 27.5. The number of carbonyl (C=O) groups is 5. The van der Waals surface area contributed by atoms with Crippen LogP contribution in [0.2, 0.25) is 0 Å². The van der Waals surface area contributed by atoms with Crippen LogP contribution in [0.15, 0.2) is 36.8 Å². The fourth-order valence-electron chi connectivity index (χ4n) is 3.27. The van der Waals surface area contributed by atoms with Crippen molar-refractivity contribution in [2.75, 3.05) is 0 Å². The van der Waals surface area contributed by atoms with Crippen LogP contribution < -0.4 is 21.7 Å². The van der Waals surface area contributed by atoms with Crippen LogP contribution >= 0.6 is 0 Å². The van der Waals surface area contributed by atoms with Gasteiger partial charge in [0.05, 0.1) is 12.4 Å². The lowest BCUT2D eigenvalue weighted by molar-refractivity contribution is -0.141. The molecule has 2 aromatic rings. The van der Waals surface area contributed by atoms with E-state index in [1.54, 1.807) is 0 Å². The number of rotatable bonds is 14. The van der Waals surface area contributed by atoms with Crippen molar-refractivity contribution in [1.82, 2.24) is 25.9 Å². The molecule has 0 saturated carbocycles. The van der Waals surface area contributed by atoms with Gasteiger partial charge in [0.2, 0.25) is 17.7 Å². The van der Waals surface area contributed by atoms with Gasteiger partial charge in [-0.2, -0.15) is 0 Å². The van der Waals surface area contributed by atoms with Crippen molar-refractivity contribution in [3.05, 3.63) is 48.0 Å². The summed E-state index contributed by atoms with van der Waals surface area (Å²) in [5.41, 5.74) is 7.02. The van der Waals surface area contributed by atoms with E-state index in [1.165, 1.54) is 43.7 Å². The van der Waals surface area contributed by atoms with Gasteiger partial charge >= 0.3 is 11.9 Å². The average molecular weight is 519 g/mol. The largest absolute Gasteiger partial charge is 0.508 e. The average Bonchev–Trinajstić information content (AvgIpc) is 3.35. The number of carboxylic acid groups (broad SMARTS) is 2. The monoisotopic (exact) mass is 518 g/mol. The Balaban J connectivity index is 2.19. The van der Waals surface area contributed by atoms with E-state index in [0.29, 0.717) is 11.3 Å². The Labute approximate surface area is 211 Å². The number of H-pyrrole nitrogens is 1. The molecule has 0 spiro atoms. The maximum Gasteiger partial charge on any atom is 0.325 e. The van der Waals surface area contributed by atoms with Crippen LogP contribution in [0.25, 0.3) is 0 Å². The summed E-state index contributed by atoms with van der Waals surface area (Å²) >= 11 is 0. The summed E-state index contributed by atoms with van der Waals surface area (Å²) in [5, 5.41) is 34.9. The topological polar surface area (TPSA) is 237 Å². The Morgan fingerprint density at radius 2 is 1.57 bits per heavy atom. The maximum absolute atomic E-state index is 13.1. The number of aliphatic carboxylic acids is 2. The van der Waals surface area contributed by atoms with E-state index in [4.69, 9.17) is 15.9 Å². The van der Waals surface area contributed by atoms with Gasteiger partial charge in [-0.05, 0) is 31.0 Å². The third-order valence-corrected chi connectivity index (χ3v) is 5.35. The van der Waals surface area contributed by atoms with Crippen LogP contribution in [-0.4, -0.2) is 79.1 Å². The summed E-state index contributed by atoms with van der Waals surface area (Å²) in [7, 11) is 0. The minimum absolute atomic E-state index is 0.0174. The molecule has 4 unspecified atom stereocenters. The summed E-state index contributed by atoms with van der Waals surface area (Å²) in [4.78, 5) is 67.5. The van der Waals surface area contributed by atoms with E-state index in [1.807, 2.05) is 0 Å². The van der Waals surface area contributed by atoms with Crippen molar-refractivity contribution >= 4 is 29.7 Å². The van der Waals surface area contributed by atoms with Gasteiger partial charge in [-0.25, -0.2) is 4.98 Å². The fraction of sp³-hybridized carbons (Fsp3) is 0.391. The predicted molar refractivity (Wildman–Crippen MR) is 128 cm³/mol. The molecule has 1 aromatic carbocycles. The van der Waals surface area contributed by atoms with Crippen LogP contribution in [0.1, 0.15) is 31.0 Å². The molecular weight excluding hydrogens is 488 g/mol. The summed E-state index contributed by atoms with van der Waals surface area (Å²) in [6.07, 6.45) is 2.14. The van der Waals surface area contributed by atoms with Crippen LogP contribution in [0.4, 0.5) is 0 Å². The van der Waals surface area contributed by atoms with E-state index >= 15 is 0 Å². The molecule has 0 saturated heterocycles. The molecular formula is C23H30N6O8. The number of nitrogens with one attached hydrogen (secondary N) is 4. The molecule has 14 nitrogen and oxygen atoms in total. The number of aromatic amines is 1. The van der Waals surface area contributed by atoms with Gasteiger partial charge in [-0.15, -0.1) is 0 Å². The molecule has 9 N–H and O–H groups in total. The van der Waals surface area contributed by atoms with E-state index in [2.05, 4.69) is 25.9 Å². The van der Waals surface area contributed by atoms with Crippen molar-refractivity contribution in [3.8, 4) is 5.75 Å². The first-order valence-electron chi connectivity index (χ1n) is 11.3. The third kappa shape index (κ3) is 9.60. The molecule has 0 bridgehead atoms. The second-order valence-corrected chi connectivity index (χ2v) is 8.38. The summed E-state index contributed by atoms with van der Waals surface area (Å²) in [6, 6.07) is 0.834. The molecule has 1 aromatic heterocycles. The lowest BCUT2D eigenvalue weighted by atomic mass is 10.0. The molecule has 1 heterocycles. The summed E-state index contributed by atoms with van der Waals surface area (Å²) in [6.45, 7) is 1.25. The lowest BCUT2D eigenvalue weighted by Crippen LogP contribution is -2.57. The number of nitrogens with zero attached hydrogens (tertiary/aromatic N) is 1. The summed E-state index contributed by atoms with van der Waals surface area (Å²) < 4.78 is 0. The van der Waals surface area contributed by atoms with Gasteiger partial charge in [0.1, 0.15) is 23.9 Å². The highest BCUT2D eigenvalue weighted by molar-refractivity contribution is 5.94. The van der Waals surface area contributed by atoms with E-state index in [0.717, 1.165) is 0 Å². The molecule has 14 heteroatoms. The first-order valence-corrected chi connectivity index (χ1v) is 11.3.